The third-order valence-corrected chi connectivity index (χ3v) is 4.21. The van der Waals surface area contributed by atoms with Crippen molar-refractivity contribution in [2.24, 2.45) is 5.10 Å². The molecule has 0 fully saturated rings. The van der Waals surface area contributed by atoms with Crippen LogP contribution in [0.3, 0.4) is 0 Å². The van der Waals surface area contributed by atoms with E-state index in [2.05, 4.69) is 26.5 Å². The van der Waals surface area contributed by atoms with E-state index in [1.165, 1.54) is 0 Å². The van der Waals surface area contributed by atoms with E-state index in [9.17, 15) is 4.79 Å². The molecule has 1 aromatic heterocycles. The van der Waals surface area contributed by atoms with Gasteiger partial charge in [0.05, 0.1) is 29.0 Å². The van der Waals surface area contributed by atoms with Gasteiger partial charge in [-0.15, -0.1) is 0 Å². The fourth-order valence-electron chi connectivity index (χ4n) is 2.37. The molecule has 0 unspecified atom stereocenters. The standard InChI is InChI=1S/C19H16BrN3O2/c1-25-18-9-8-14(12-16(18)20)13-21-22-19(24)15-6-2-3-7-17(15)23-10-4-5-11-23/h2-13H,1H3,(H,22,24)/b21-13-. The molecule has 25 heavy (non-hydrogen) atoms. The van der Waals surface area contributed by atoms with Gasteiger partial charge in [-0.2, -0.15) is 5.10 Å². The zero-order valence-corrected chi connectivity index (χ0v) is 15.1. The molecule has 0 aliphatic heterocycles. The molecule has 2 aromatic carbocycles. The highest BCUT2D eigenvalue weighted by Crippen LogP contribution is 2.24. The monoisotopic (exact) mass is 397 g/mol. The first-order valence-electron chi connectivity index (χ1n) is 7.58. The lowest BCUT2D eigenvalue weighted by atomic mass is 10.1. The minimum absolute atomic E-state index is 0.270. The Morgan fingerprint density at radius 1 is 1.16 bits per heavy atom. The molecule has 1 heterocycles. The second kappa shape index (κ2) is 7.81. The van der Waals surface area contributed by atoms with E-state index in [1.807, 2.05) is 65.5 Å². The molecule has 0 aliphatic rings. The van der Waals surface area contributed by atoms with Gasteiger partial charge in [0, 0.05) is 12.4 Å². The lowest BCUT2D eigenvalue weighted by molar-refractivity contribution is 0.0955. The van der Waals surface area contributed by atoms with Crippen molar-refractivity contribution < 1.29 is 9.53 Å². The number of halogens is 1. The summed E-state index contributed by atoms with van der Waals surface area (Å²) in [6.07, 6.45) is 5.37. The number of nitrogens with zero attached hydrogens (tertiary/aromatic N) is 2. The topological polar surface area (TPSA) is 55.6 Å². The molecule has 0 bridgehead atoms. The molecule has 0 atom stereocenters. The van der Waals surface area contributed by atoms with Crippen LogP contribution < -0.4 is 10.2 Å². The van der Waals surface area contributed by atoms with E-state index < -0.39 is 0 Å². The van der Waals surface area contributed by atoms with E-state index in [-0.39, 0.29) is 5.91 Å². The maximum absolute atomic E-state index is 12.5. The first kappa shape index (κ1) is 17.0. The second-order valence-electron chi connectivity index (χ2n) is 5.20. The third kappa shape index (κ3) is 3.97. The normalized spacial score (nSPS) is 10.8. The summed E-state index contributed by atoms with van der Waals surface area (Å²) in [5, 5.41) is 4.04. The molecule has 3 aromatic rings. The van der Waals surface area contributed by atoms with Crippen molar-refractivity contribution in [1.82, 2.24) is 9.99 Å². The predicted molar refractivity (Wildman–Crippen MR) is 102 cm³/mol. The minimum Gasteiger partial charge on any atom is -0.496 e. The Hall–Kier alpha value is -2.86. The first-order chi connectivity index (χ1) is 12.2. The van der Waals surface area contributed by atoms with Crippen LogP contribution in [0.5, 0.6) is 5.75 Å². The Bertz CT molecular complexity index is 905. The van der Waals surface area contributed by atoms with Crippen molar-refractivity contribution in [2.75, 3.05) is 7.11 Å². The van der Waals surface area contributed by atoms with Crippen molar-refractivity contribution in [3.8, 4) is 11.4 Å². The Labute approximate surface area is 154 Å². The number of hydrogen-bond donors (Lipinski definition) is 1. The van der Waals surface area contributed by atoms with Crippen LogP contribution in [0.1, 0.15) is 15.9 Å². The molecule has 0 saturated carbocycles. The van der Waals surface area contributed by atoms with Gasteiger partial charge in [0.1, 0.15) is 5.75 Å². The van der Waals surface area contributed by atoms with Crippen molar-refractivity contribution >= 4 is 28.1 Å². The Kier molecular flexibility index (Phi) is 5.30. The van der Waals surface area contributed by atoms with Gasteiger partial charge in [-0.3, -0.25) is 4.79 Å². The zero-order valence-electron chi connectivity index (χ0n) is 13.5. The SMILES string of the molecule is COc1ccc(/C=N\NC(=O)c2ccccc2-n2cccc2)cc1Br. The number of nitrogens with one attached hydrogen (secondary N) is 1. The number of hydrazone groups is 1. The average Bonchev–Trinajstić information content (AvgIpc) is 3.16. The largest absolute Gasteiger partial charge is 0.496 e. The summed E-state index contributed by atoms with van der Waals surface area (Å²) in [6.45, 7) is 0. The number of rotatable bonds is 5. The molecule has 3 rings (SSSR count). The van der Waals surface area contributed by atoms with Crippen LogP contribution in [-0.2, 0) is 0 Å². The molecule has 126 valence electrons. The van der Waals surface area contributed by atoms with Crippen LogP contribution in [0.2, 0.25) is 0 Å². The summed E-state index contributed by atoms with van der Waals surface area (Å²) in [5.41, 5.74) is 4.75. The van der Waals surface area contributed by atoms with Crippen molar-refractivity contribution in [3.05, 3.63) is 82.6 Å². The lowest BCUT2D eigenvalue weighted by Crippen LogP contribution is -2.19. The van der Waals surface area contributed by atoms with Crippen LogP contribution in [-0.4, -0.2) is 23.8 Å². The van der Waals surface area contributed by atoms with Crippen LogP contribution in [0.15, 0.2) is 76.6 Å². The van der Waals surface area contributed by atoms with Crippen LogP contribution in [0, 0.1) is 0 Å². The minimum atomic E-state index is -0.270. The summed E-state index contributed by atoms with van der Waals surface area (Å²) in [7, 11) is 1.61. The Balaban J connectivity index is 1.74. The average molecular weight is 398 g/mol. The van der Waals surface area contributed by atoms with E-state index in [4.69, 9.17) is 4.74 Å². The zero-order chi connectivity index (χ0) is 17.6. The lowest BCUT2D eigenvalue weighted by Gasteiger charge is -2.09. The number of carbonyl (C=O) groups excluding carboxylic acids is 1. The van der Waals surface area contributed by atoms with Gasteiger partial charge in [0.15, 0.2) is 0 Å². The Morgan fingerprint density at radius 3 is 2.64 bits per heavy atom. The smallest absolute Gasteiger partial charge is 0.273 e. The molecule has 6 heteroatoms. The van der Waals surface area contributed by atoms with Gasteiger partial charge in [0.2, 0.25) is 0 Å². The number of hydrogen-bond acceptors (Lipinski definition) is 3. The number of amides is 1. The van der Waals surface area contributed by atoms with E-state index in [1.54, 1.807) is 19.4 Å². The number of carbonyl (C=O) groups is 1. The quantitative estimate of drug-likeness (QED) is 0.522. The van der Waals surface area contributed by atoms with Crippen molar-refractivity contribution in [3.63, 3.8) is 0 Å². The van der Waals surface area contributed by atoms with Crippen LogP contribution in [0.25, 0.3) is 5.69 Å². The summed E-state index contributed by atoms with van der Waals surface area (Å²) >= 11 is 3.42. The molecule has 0 saturated heterocycles. The molecule has 5 nitrogen and oxygen atoms in total. The summed E-state index contributed by atoms with van der Waals surface area (Å²) in [4.78, 5) is 12.5. The van der Waals surface area contributed by atoms with Gasteiger partial charge in [-0.1, -0.05) is 12.1 Å². The molecular formula is C19H16BrN3O2. The molecular weight excluding hydrogens is 382 g/mol. The highest BCUT2D eigenvalue weighted by molar-refractivity contribution is 9.10. The highest BCUT2D eigenvalue weighted by atomic mass is 79.9. The maximum Gasteiger partial charge on any atom is 0.273 e. The van der Waals surface area contributed by atoms with Crippen LogP contribution in [0.4, 0.5) is 0 Å². The summed E-state index contributed by atoms with van der Waals surface area (Å²) < 4.78 is 7.90. The number of methoxy groups -OCH3 is 1. The Morgan fingerprint density at radius 2 is 1.92 bits per heavy atom. The highest BCUT2D eigenvalue weighted by Gasteiger charge is 2.10. The van der Waals surface area contributed by atoms with Gasteiger partial charge >= 0.3 is 0 Å². The predicted octanol–water partition coefficient (Wildman–Crippen LogP) is 4.01. The van der Waals surface area contributed by atoms with Crippen LogP contribution >= 0.6 is 15.9 Å². The maximum atomic E-state index is 12.5. The molecule has 1 amide bonds. The third-order valence-electron chi connectivity index (χ3n) is 3.59. The number of para-hydroxylation sites is 1. The van der Waals surface area contributed by atoms with E-state index >= 15 is 0 Å². The summed E-state index contributed by atoms with van der Waals surface area (Å²) in [6, 6.07) is 16.7. The van der Waals surface area contributed by atoms with Gasteiger partial charge in [0.25, 0.3) is 5.91 Å². The van der Waals surface area contributed by atoms with Crippen molar-refractivity contribution in [2.45, 2.75) is 0 Å². The summed E-state index contributed by atoms with van der Waals surface area (Å²) in [5.74, 6) is 0.468. The first-order valence-corrected chi connectivity index (χ1v) is 8.37. The molecule has 0 spiro atoms. The second-order valence-corrected chi connectivity index (χ2v) is 6.05. The molecule has 0 radical (unpaired) electrons. The number of aromatic nitrogens is 1. The van der Waals surface area contributed by atoms with E-state index in [0.29, 0.717) is 5.56 Å². The fraction of sp³-hybridized carbons (Fsp3) is 0.0526. The van der Waals surface area contributed by atoms with Gasteiger partial charge in [-0.05, 0) is 64.0 Å². The number of benzene rings is 2. The van der Waals surface area contributed by atoms with Gasteiger partial charge < -0.3 is 9.30 Å². The molecule has 0 aliphatic carbocycles. The number of ether oxygens (including phenoxy) is 1. The van der Waals surface area contributed by atoms with Gasteiger partial charge in [-0.25, -0.2) is 5.43 Å². The van der Waals surface area contributed by atoms with Crippen molar-refractivity contribution in [1.29, 1.82) is 0 Å². The van der Waals surface area contributed by atoms with E-state index in [0.717, 1.165) is 21.5 Å². The molecule has 1 N–H and O–H groups in total. The fourth-order valence-corrected chi connectivity index (χ4v) is 2.93.